The van der Waals surface area contributed by atoms with Crippen molar-refractivity contribution < 1.29 is 19.1 Å². The van der Waals surface area contributed by atoms with Crippen molar-refractivity contribution >= 4 is 22.7 Å². The molecule has 0 saturated carbocycles. The maximum atomic E-state index is 12.8. The lowest BCUT2D eigenvalue weighted by atomic mass is 9.85. The van der Waals surface area contributed by atoms with Crippen molar-refractivity contribution in [3.05, 3.63) is 83.3 Å². The SMILES string of the molecule is COC1=C(c2ccccc2)C(=O)C(=O)C(c2ccccc2)=C1OC. The number of carbonyl (C=O) groups is 2. The molecule has 24 heavy (non-hydrogen) atoms. The van der Waals surface area contributed by atoms with Crippen molar-refractivity contribution in [3.8, 4) is 0 Å². The molecule has 0 spiro atoms. The van der Waals surface area contributed by atoms with Gasteiger partial charge in [-0.15, -0.1) is 0 Å². The summed E-state index contributed by atoms with van der Waals surface area (Å²) in [6.07, 6.45) is 0. The number of benzene rings is 2. The first-order valence-corrected chi connectivity index (χ1v) is 7.45. The van der Waals surface area contributed by atoms with Crippen molar-refractivity contribution in [1.29, 1.82) is 0 Å². The first-order chi connectivity index (χ1) is 11.7. The van der Waals surface area contributed by atoms with Crippen LogP contribution in [0.25, 0.3) is 11.1 Å². The maximum Gasteiger partial charge on any atom is 0.238 e. The van der Waals surface area contributed by atoms with Crippen LogP contribution >= 0.6 is 0 Å². The van der Waals surface area contributed by atoms with Gasteiger partial charge in [-0.2, -0.15) is 0 Å². The molecule has 4 nitrogen and oxygen atoms in total. The van der Waals surface area contributed by atoms with Gasteiger partial charge in [-0.25, -0.2) is 0 Å². The molecule has 0 saturated heterocycles. The predicted octanol–water partition coefficient (Wildman–Crippen LogP) is 3.25. The number of allylic oxidation sites excluding steroid dienone is 2. The zero-order valence-electron chi connectivity index (χ0n) is 13.4. The fraction of sp³-hybridized carbons (Fsp3) is 0.100. The highest BCUT2D eigenvalue weighted by atomic mass is 16.5. The maximum absolute atomic E-state index is 12.8. The van der Waals surface area contributed by atoms with E-state index in [1.165, 1.54) is 14.2 Å². The van der Waals surface area contributed by atoms with E-state index in [2.05, 4.69) is 0 Å². The number of hydrogen-bond donors (Lipinski definition) is 0. The van der Waals surface area contributed by atoms with E-state index in [1.54, 1.807) is 48.5 Å². The molecule has 2 aromatic carbocycles. The molecule has 0 aromatic heterocycles. The highest BCUT2D eigenvalue weighted by Gasteiger charge is 2.38. The quantitative estimate of drug-likeness (QED) is 0.641. The average Bonchev–Trinajstić information content (AvgIpc) is 2.64. The molecule has 4 heteroatoms. The number of methoxy groups -OCH3 is 2. The molecule has 0 unspecified atom stereocenters. The van der Waals surface area contributed by atoms with Crippen molar-refractivity contribution in [1.82, 2.24) is 0 Å². The van der Waals surface area contributed by atoms with E-state index in [9.17, 15) is 9.59 Å². The first kappa shape index (κ1) is 15.7. The molecule has 0 bridgehead atoms. The van der Waals surface area contributed by atoms with Crippen LogP contribution in [0.3, 0.4) is 0 Å². The van der Waals surface area contributed by atoms with Crippen molar-refractivity contribution in [2.75, 3.05) is 14.2 Å². The number of hydrogen-bond acceptors (Lipinski definition) is 4. The summed E-state index contributed by atoms with van der Waals surface area (Å²) >= 11 is 0. The molecule has 0 radical (unpaired) electrons. The smallest absolute Gasteiger partial charge is 0.238 e. The molecular formula is C20H16O4. The van der Waals surface area contributed by atoms with Crippen LogP contribution in [0.4, 0.5) is 0 Å². The van der Waals surface area contributed by atoms with Gasteiger partial charge in [-0.1, -0.05) is 60.7 Å². The highest BCUT2D eigenvalue weighted by Crippen LogP contribution is 2.37. The summed E-state index contributed by atoms with van der Waals surface area (Å²) in [5.41, 5.74) is 1.68. The van der Waals surface area contributed by atoms with Crippen LogP contribution in [0.2, 0.25) is 0 Å². The molecule has 1 aliphatic rings. The monoisotopic (exact) mass is 320 g/mol. The minimum absolute atomic E-state index is 0.222. The lowest BCUT2D eigenvalue weighted by Crippen LogP contribution is -2.26. The summed E-state index contributed by atoms with van der Waals surface area (Å²) in [5, 5.41) is 0. The van der Waals surface area contributed by atoms with Gasteiger partial charge in [0.2, 0.25) is 11.6 Å². The van der Waals surface area contributed by atoms with E-state index in [0.717, 1.165) is 0 Å². The van der Waals surface area contributed by atoms with Crippen LogP contribution in [0, 0.1) is 0 Å². The second-order valence-corrected chi connectivity index (χ2v) is 5.21. The van der Waals surface area contributed by atoms with Crippen LogP contribution in [0.1, 0.15) is 11.1 Å². The molecule has 120 valence electrons. The molecule has 1 aliphatic carbocycles. The minimum Gasteiger partial charge on any atom is -0.492 e. The van der Waals surface area contributed by atoms with E-state index in [0.29, 0.717) is 11.1 Å². The summed E-state index contributed by atoms with van der Waals surface area (Å²) in [5.74, 6) is -0.658. The van der Waals surface area contributed by atoms with E-state index in [4.69, 9.17) is 9.47 Å². The van der Waals surface area contributed by atoms with Crippen LogP contribution in [0.5, 0.6) is 0 Å². The van der Waals surface area contributed by atoms with Gasteiger partial charge >= 0.3 is 0 Å². The van der Waals surface area contributed by atoms with E-state index in [1.807, 2.05) is 12.1 Å². The summed E-state index contributed by atoms with van der Waals surface area (Å²) < 4.78 is 10.9. The van der Waals surface area contributed by atoms with Gasteiger partial charge in [-0.3, -0.25) is 9.59 Å². The Balaban J connectivity index is 2.31. The Morgan fingerprint density at radius 3 is 1.21 bits per heavy atom. The van der Waals surface area contributed by atoms with E-state index >= 15 is 0 Å². The van der Waals surface area contributed by atoms with Crippen LogP contribution in [0.15, 0.2) is 72.2 Å². The fourth-order valence-electron chi connectivity index (χ4n) is 2.78. The van der Waals surface area contributed by atoms with Gasteiger partial charge in [0.25, 0.3) is 0 Å². The third kappa shape index (κ3) is 2.52. The molecule has 2 aromatic rings. The average molecular weight is 320 g/mol. The van der Waals surface area contributed by atoms with Gasteiger partial charge in [0.1, 0.15) is 0 Å². The number of Topliss-reactive ketones (excluding diaryl/α,β-unsaturated/α-hetero) is 2. The lowest BCUT2D eigenvalue weighted by Gasteiger charge is -2.23. The molecular weight excluding hydrogens is 304 g/mol. The Bertz CT molecular complexity index is 772. The summed E-state index contributed by atoms with van der Waals surface area (Å²) in [6, 6.07) is 17.9. The highest BCUT2D eigenvalue weighted by molar-refractivity contribution is 6.66. The molecule has 0 amide bonds. The number of rotatable bonds is 4. The number of ketones is 2. The fourth-order valence-corrected chi connectivity index (χ4v) is 2.78. The molecule has 0 fully saturated rings. The second kappa shape index (κ2) is 6.54. The van der Waals surface area contributed by atoms with Gasteiger partial charge in [0, 0.05) is 0 Å². The van der Waals surface area contributed by atoms with E-state index in [-0.39, 0.29) is 22.7 Å². The Morgan fingerprint density at radius 2 is 0.917 bits per heavy atom. The lowest BCUT2D eigenvalue weighted by molar-refractivity contribution is -0.130. The number of carbonyl (C=O) groups excluding carboxylic acids is 2. The van der Waals surface area contributed by atoms with Crippen molar-refractivity contribution in [2.24, 2.45) is 0 Å². The normalized spacial score (nSPS) is 14.9. The predicted molar refractivity (Wildman–Crippen MR) is 90.8 cm³/mol. The Labute approximate surface area is 140 Å². The largest absolute Gasteiger partial charge is 0.492 e. The zero-order chi connectivity index (χ0) is 17.1. The summed E-state index contributed by atoms with van der Waals surface area (Å²) in [6.45, 7) is 0. The minimum atomic E-state index is -0.599. The van der Waals surface area contributed by atoms with Gasteiger partial charge in [0.05, 0.1) is 25.4 Å². The summed E-state index contributed by atoms with van der Waals surface area (Å²) in [7, 11) is 2.92. The Hall–Kier alpha value is -3.14. The summed E-state index contributed by atoms with van der Waals surface area (Å²) in [4.78, 5) is 25.5. The molecule has 0 atom stereocenters. The van der Waals surface area contributed by atoms with Gasteiger partial charge < -0.3 is 9.47 Å². The van der Waals surface area contributed by atoms with Crippen molar-refractivity contribution in [2.45, 2.75) is 0 Å². The molecule has 0 N–H and O–H groups in total. The second-order valence-electron chi connectivity index (χ2n) is 5.21. The zero-order valence-corrected chi connectivity index (χ0v) is 13.4. The van der Waals surface area contributed by atoms with Crippen molar-refractivity contribution in [3.63, 3.8) is 0 Å². The molecule has 0 heterocycles. The van der Waals surface area contributed by atoms with Crippen LogP contribution < -0.4 is 0 Å². The van der Waals surface area contributed by atoms with Crippen LogP contribution in [-0.2, 0) is 19.1 Å². The van der Waals surface area contributed by atoms with Gasteiger partial charge in [-0.05, 0) is 11.1 Å². The van der Waals surface area contributed by atoms with Gasteiger partial charge in [0.15, 0.2) is 11.5 Å². The number of ether oxygens (including phenoxy) is 2. The standard InChI is InChI=1S/C20H16O4/c1-23-19-15(13-9-5-3-6-10-13)17(21)18(22)16(20(19)24-2)14-11-7-4-8-12-14/h3-12H,1-2H3. The topological polar surface area (TPSA) is 52.6 Å². The Morgan fingerprint density at radius 1 is 0.583 bits per heavy atom. The first-order valence-electron chi connectivity index (χ1n) is 7.45. The molecule has 3 rings (SSSR count). The molecule has 0 aliphatic heterocycles. The Kier molecular flexibility index (Phi) is 4.29. The third-order valence-electron chi connectivity index (χ3n) is 3.85. The van der Waals surface area contributed by atoms with Crippen LogP contribution in [-0.4, -0.2) is 25.8 Å². The van der Waals surface area contributed by atoms with E-state index < -0.39 is 11.6 Å². The third-order valence-corrected chi connectivity index (χ3v) is 3.85.